The number of aryl methyl sites for hydroxylation is 1. The summed E-state index contributed by atoms with van der Waals surface area (Å²) in [6, 6.07) is 18.8. The number of furan rings is 1. The van der Waals surface area contributed by atoms with Gasteiger partial charge in [0.15, 0.2) is 4.34 Å². The Hall–Kier alpha value is -3.30. The summed E-state index contributed by atoms with van der Waals surface area (Å²) in [5.41, 5.74) is 1.84. The maximum atomic E-state index is 12.3. The van der Waals surface area contributed by atoms with Crippen molar-refractivity contribution in [1.82, 2.24) is 10.2 Å². The summed E-state index contributed by atoms with van der Waals surface area (Å²) < 4.78 is 11.8. The molecule has 31 heavy (non-hydrogen) atoms. The minimum absolute atomic E-state index is 0.113. The van der Waals surface area contributed by atoms with Crippen LogP contribution in [0.2, 0.25) is 0 Å². The second-order valence-corrected chi connectivity index (χ2v) is 8.79. The molecular formula is C22H20N4O3S2. The van der Waals surface area contributed by atoms with Crippen molar-refractivity contribution in [1.29, 1.82) is 0 Å². The average molecular weight is 453 g/mol. The quantitative estimate of drug-likeness (QED) is 0.321. The fourth-order valence-electron chi connectivity index (χ4n) is 2.66. The number of carbonyl (C=O) groups excluding carboxylic acids is 1. The van der Waals surface area contributed by atoms with E-state index in [1.54, 1.807) is 6.26 Å². The highest BCUT2D eigenvalue weighted by Crippen LogP contribution is 2.27. The molecule has 0 atom stereocenters. The summed E-state index contributed by atoms with van der Waals surface area (Å²) in [7, 11) is 0. The Bertz CT molecular complexity index is 1130. The number of rotatable bonds is 9. The molecule has 2 aromatic carbocycles. The smallest absolute Gasteiger partial charge is 0.234 e. The van der Waals surface area contributed by atoms with Crippen molar-refractivity contribution in [3.8, 4) is 11.5 Å². The molecule has 0 radical (unpaired) electrons. The molecule has 1 amide bonds. The number of amides is 1. The van der Waals surface area contributed by atoms with E-state index in [2.05, 4.69) is 20.8 Å². The molecule has 0 unspecified atom stereocenters. The number of hydrogen-bond donors (Lipinski definition) is 2. The Morgan fingerprint density at radius 1 is 1.10 bits per heavy atom. The van der Waals surface area contributed by atoms with Crippen LogP contribution in [0.4, 0.5) is 10.8 Å². The van der Waals surface area contributed by atoms with Crippen LogP contribution in [0.3, 0.4) is 0 Å². The standard InChI is InChI=1S/C22H20N4O3S2/c1-15-4-2-5-18(12-15)29-17-9-7-16(8-10-17)24-20(27)14-30-22-26-25-21(31-22)23-13-19-6-3-11-28-19/h2-12H,13-14H2,1H3,(H,23,25)(H,24,27). The van der Waals surface area contributed by atoms with E-state index in [9.17, 15) is 4.79 Å². The molecule has 0 saturated carbocycles. The molecule has 4 rings (SSSR count). The third-order valence-corrected chi connectivity index (χ3v) is 6.10. The van der Waals surface area contributed by atoms with E-state index in [1.165, 1.54) is 23.1 Å². The highest BCUT2D eigenvalue weighted by molar-refractivity contribution is 8.01. The van der Waals surface area contributed by atoms with Gasteiger partial charge in [-0.25, -0.2) is 0 Å². The second-order valence-electron chi connectivity index (χ2n) is 6.59. The molecule has 0 bridgehead atoms. The molecule has 2 N–H and O–H groups in total. The maximum Gasteiger partial charge on any atom is 0.234 e. The van der Waals surface area contributed by atoms with Gasteiger partial charge in [-0.15, -0.1) is 10.2 Å². The van der Waals surface area contributed by atoms with Crippen molar-refractivity contribution in [3.05, 3.63) is 78.3 Å². The van der Waals surface area contributed by atoms with Gasteiger partial charge in [0.1, 0.15) is 17.3 Å². The van der Waals surface area contributed by atoms with Crippen LogP contribution < -0.4 is 15.4 Å². The molecule has 0 aliphatic heterocycles. The first kappa shape index (κ1) is 21.0. The van der Waals surface area contributed by atoms with Gasteiger partial charge < -0.3 is 19.8 Å². The third-order valence-electron chi connectivity index (χ3n) is 4.09. The fraction of sp³-hybridized carbons (Fsp3) is 0.136. The summed E-state index contributed by atoms with van der Waals surface area (Å²) >= 11 is 2.74. The monoisotopic (exact) mass is 452 g/mol. The van der Waals surface area contributed by atoms with E-state index in [0.717, 1.165) is 21.4 Å². The summed E-state index contributed by atoms with van der Waals surface area (Å²) in [6.07, 6.45) is 1.63. The number of ether oxygens (including phenoxy) is 1. The van der Waals surface area contributed by atoms with E-state index >= 15 is 0 Å². The Morgan fingerprint density at radius 3 is 2.74 bits per heavy atom. The van der Waals surface area contributed by atoms with Gasteiger partial charge >= 0.3 is 0 Å². The minimum atomic E-state index is -0.113. The van der Waals surface area contributed by atoms with Crippen molar-refractivity contribution in [3.63, 3.8) is 0 Å². The van der Waals surface area contributed by atoms with E-state index in [1.807, 2.05) is 67.6 Å². The maximum absolute atomic E-state index is 12.3. The van der Waals surface area contributed by atoms with Crippen LogP contribution >= 0.6 is 23.1 Å². The number of nitrogens with one attached hydrogen (secondary N) is 2. The van der Waals surface area contributed by atoms with Crippen LogP contribution in [0.5, 0.6) is 11.5 Å². The summed E-state index contributed by atoms with van der Waals surface area (Å²) in [5, 5.41) is 14.9. The molecule has 4 aromatic rings. The second kappa shape index (κ2) is 10.1. The van der Waals surface area contributed by atoms with Crippen LogP contribution in [0.1, 0.15) is 11.3 Å². The normalized spacial score (nSPS) is 10.6. The molecule has 0 saturated heterocycles. The van der Waals surface area contributed by atoms with Gasteiger partial charge in [-0.3, -0.25) is 4.79 Å². The number of aromatic nitrogens is 2. The van der Waals surface area contributed by atoms with Gasteiger partial charge in [0.25, 0.3) is 0 Å². The lowest BCUT2D eigenvalue weighted by Gasteiger charge is -2.08. The molecule has 158 valence electrons. The topological polar surface area (TPSA) is 89.3 Å². The van der Waals surface area contributed by atoms with Gasteiger partial charge in [-0.1, -0.05) is 35.2 Å². The number of carbonyl (C=O) groups is 1. The average Bonchev–Trinajstić information content (AvgIpc) is 3.44. The number of nitrogens with zero attached hydrogens (tertiary/aromatic N) is 2. The number of benzene rings is 2. The van der Waals surface area contributed by atoms with Crippen LogP contribution in [-0.2, 0) is 11.3 Å². The number of thioether (sulfide) groups is 1. The first-order chi connectivity index (χ1) is 15.1. The predicted octanol–water partition coefficient (Wildman–Crippen LogP) is 5.57. The largest absolute Gasteiger partial charge is 0.467 e. The molecule has 0 aliphatic rings. The Balaban J connectivity index is 1.22. The summed E-state index contributed by atoms with van der Waals surface area (Å²) in [5.74, 6) is 2.44. The fourth-order valence-corrected chi connectivity index (χ4v) is 4.21. The molecular weight excluding hydrogens is 432 g/mol. The van der Waals surface area contributed by atoms with Crippen molar-refractivity contribution in [2.45, 2.75) is 17.8 Å². The lowest BCUT2D eigenvalue weighted by atomic mass is 10.2. The minimum Gasteiger partial charge on any atom is -0.467 e. The van der Waals surface area contributed by atoms with E-state index in [-0.39, 0.29) is 11.7 Å². The van der Waals surface area contributed by atoms with Crippen molar-refractivity contribution >= 4 is 39.8 Å². The lowest BCUT2D eigenvalue weighted by molar-refractivity contribution is -0.113. The van der Waals surface area contributed by atoms with E-state index in [0.29, 0.717) is 23.1 Å². The van der Waals surface area contributed by atoms with Gasteiger partial charge in [-0.2, -0.15) is 0 Å². The molecule has 2 aromatic heterocycles. The zero-order chi connectivity index (χ0) is 21.5. The van der Waals surface area contributed by atoms with Crippen LogP contribution in [-0.4, -0.2) is 21.9 Å². The first-order valence-electron chi connectivity index (χ1n) is 9.51. The Morgan fingerprint density at radius 2 is 1.97 bits per heavy atom. The molecule has 2 heterocycles. The molecule has 7 nitrogen and oxygen atoms in total. The summed E-state index contributed by atoms with van der Waals surface area (Å²) in [4.78, 5) is 12.3. The van der Waals surface area contributed by atoms with E-state index < -0.39 is 0 Å². The Labute approximate surface area is 187 Å². The molecule has 9 heteroatoms. The van der Waals surface area contributed by atoms with Crippen molar-refractivity contribution in [2.24, 2.45) is 0 Å². The zero-order valence-electron chi connectivity index (χ0n) is 16.7. The van der Waals surface area contributed by atoms with Crippen LogP contribution in [0, 0.1) is 6.92 Å². The zero-order valence-corrected chi connectivity index (χ0v) is 18.3. The summed E-state index contributed by atoms with van der Waals surface area (Å²) in [6.45, 7) is 2.56. The van der Waals surface area contributed by atoms with Gasteiger partial charge in [-0.05, 0) is 61.0 Å². The van der Waals surface area contributed by atoms with Crippen LogP contribution in [0.25, 0.3) is 0 Å². The predicted molar refractivity (Wildman–Crippen MR) is 123 cm³/mol. The van der Waals surface area contributed by atoms with E-state index in [4.69, 9.17) is 9.15 Å². The van der Waals surface area contributed by atoms with Gasteiger partial charge in [0, 0.05) is 5.69 Å². The third kappa shape index (κ3) is 6.34. The highest BCUT2D eigenvalue weighted by Gasteiger charge is 2.09. The van der Waals surface area contributed by atoms with Crippen molar-refractivity contribution < 1.29 is 13.9 Å². The van der Waals surface area contributed by atoms with Gasteiger partial charge in [0.05, 0.1) is 18.6 Å². The lowest BCUT2D eigenvalue weighted by Crippen LogP contribution is -2.13. The van der Waals surface area contributed by atoms with Gasteiger partial charge in [0.2, 0.25) is 11.0 Å². The Kier molecular flexibility index (Phi) is 6.85. The SMILES string of the molecule is Cc1cccc(Oc2ccc(NC(=O)CSc3nnc(NCc4ccco4)s3)cc2)c1. The molecule has 0 aliphatic carbocycles. The number of hydrogen-bond acceptors (Lipinski definition) is 8. The van der Waals surface area contributed by atoms with Crippen molar-refractivity contribution in [2.75, 3.05) is 16.4 Å². The highest BCUT2D eigenvalue weighted by atomic mass is 32.2. The number of anilines is 2. The first-order valence-corrected chi connectivity index (χ1v) is 11.3. The van der Waals surface area contributed by atoms with Crippen LogP contribution in [0.15, 0.2) is 75.7 Å². The molecule has 0 spiro atoms. The molecule has 0 fully saturated rings.